The van der Waals surface area contributed by atoms with Crippen molar-refractivity contribution in [2.24, 2.45) is 0 Å². The Labute approximate surface area is 139 Å². The molecule has 1 aliphatic carbocycles. The van der Waals surface area contributed by atoms with Crippen molar-refractivity contribution < 1.29 is 13.6 Å². The van der Waals surface area contributed by atoms with E-state index in [1.807, 2.05) is 18.2 Å². The minimum absolute atomic E-state index is 0.127. The first-order chi connectivity index (χ1) is 11.7. The summed E-state index contributed by atoms with van der Waals surface area (Å²) in [5, 5.41) is 2.97. The Kier molecular flexibility index (Phi) is 3.65. The summed E-state index contributed by atoms with van der Waals surface area (Å²) in [4.78, 5) is 12.3. The van der Waals surface area contributed by atoms with Crippen LogP contribution < -0.4 is 5.32 Å². The first-order valence-corrected chi connectivity index (χ1v) is 7.93. The number of carbonyl (C=O) groups excluding carboxylic acids is 1. The zero-order valence-electron chi connectivity index (χ0n) is 12.9. The molecule has 1 aromatic heterocycles. The topological polar surface area (TPSA) is 42.2 Å². The molecule has 0 spiro atoms. The van der Waals surface area contributed by atoms with Crippen LogP contribution in [0.1, 0.15) is 28.5 Å². The highest BCUT2D eigenvalue weighted by molar-refractivity contribution is 5.92. The van der Waals surface area contributed by atoms with Gasteiger partial charge in [-0.3, -0.25) is 4.79 Å². The smallest absolute Gasteiger partial charge is 0.287 e. The number of benzene rings is 2. The average molecular weight is 321 g/mol. The first-order valence-electron chi connectivity index (χ1n) is 7.93. The first kappa shape index (κ1) is 14.7. The van der Waals surface area contributed by atoms with Crippen LogP contribution in [0.5, 0.6) is 0 Å². The van der Waals surface area contributed by atoms with Gasteiger partial charge in [-0.2, -0.15) is 0 Å². The second kappa shape index (κ2) is 5.96. The molecule has 4 rings (SSSR count). The van der Waals surface area contributed by atoms with Gasteiger partial charge in [-0.05, 0) is 36.2 Å². The van der Waals surface area contributed by atoms with Gasteiger partial charge in [0.1, 0.15) is 11.6 Å². The predicted molar refractivity (Wildman–Crippen MR) is 89.2 cm³/mol. The van der Waals surface area contributed by atoms with Crippen LogP contribution in [0.3, 0.4) is 0 Å². The van der Waals surface area contributed by atoms with Gasteiger partial charge >= 0.3 is 0 Å². The van der Waals surface area contributed by atoms with Gasteiger partial charge in [0.15, 0.2) is 5.76 Å². The van der Waals surface area contributed by atoms with Gasteiger partial charge in [0, 0.05) is 12.0 Å². The van der Waals surface area contributed by atoms with E-state index in [1.54, 1.807) is 30.3 Å². The quantitative estimate of drug-likeness (QED) is 0.775. The Bertz CT molecular complexity index is 872. The molecule has 3 aromatic rings. The second-order valence-electron chi connectivity index (χ2n) is 5.98. The summed E-state index contributed by atoms with van der Waals surface area (Å²) in [5.41, 5.74) is 1.58. The molecule has 0 unspecified atom stereocenters. The molecule has 2 aromatic carbocycles. The largest absolute Gasteiger partial charge is 0.451 e. The van der Waals surface area contributed by atoms with Crippen LogP contribution in [0.2, 0.25) is 0 Å². The number of nitrogens with one attached hydrogen (secondary N) is 1. The molecule has 0 saturated heterocycles. The molecule has 3 nitrogen and oxygen atoms in total. The van der Waals surface area contributed by atoms with Crippen LogP contribution in [0.4, 0.5) is 4.39 Å². The van der Waals surface area contributed by atoms with E-state index in [0.717, 1.165) is 6.42 Å². The molecular formula is C20H16FNO2. The molecule has 24 heavy (non-hydrogen) atoms. The number of hydrogen-bond donors (Lipinski definition) is 1. The number of carbonyl (C=O) groups is 1. The van der Waals surface area contributed by atoms with Crippen LogP contribution in [-0.4, -0.2) is 11.9 Å². The van der Waals surface area contributed by atoms with Gasteiger partial charge in [-0.15, -0.1) is 0 Å². The minimum Gasteiger partial charge on any atom is -0.451 e. The van der Waals surface area contributed by atoms with Gasteiger partial charge in [0.25, 0.3) is 5.91 Å². The standard InChI is InChI=1S/C20H16FNO2/c21-16-9-5-4-8-14(16)18-10-11-19(24-18)20(23)22-17-12-15(17)13-6-2-1-3-7-13/h1-11,15,17H,12H2,(H,22,23)/t15-,17+/m0/s1. The highest BCUT2D eigenvalue weighted by Gasteiger charge is 2.39. The van der Waals surface area contributed by atoms with Gasteiger partial charge in [-0.1, -0.05) is 42.5 Å². The number of rotatable bonds is 4. The number of amides is 1. The van der Waals surface area contributed by atoms with Gasteiger partial charge in [0.05, 0.1) is 5.56 Å². The highest BCUT2D eigenvalue weighted by Crippen LogP contribution is 2.40. The van der Waals surface area contributed by atoms with Crippen molar-refractivity contribution in [3.8, 4) is 11.3 Å². The SMILES string of the molecule is O=C(N[C@@H]1C[C@H]1c1ccccc1)c1ccc(-c2ccccc2F)o1. The lowest BCUT2D eigenvalue weighted by molar-refractivity contribution is 0.0923. The van der Waals surface area contributed by atoms with E-state index in [-0.39, 0.29) is 23.5 Å². The molecule has 1 saturated carbocycles. The Morgan fingerprint density at radius 2 is 1.75 bits per heavy atom. The molecule has 1 fully saturated rings. The predicted octanol–water partition coefficient (Wildman–Crippen LogP) is 4.37. The lowest BCUT2D eigenvalue weighted by Crippen LogP contribution is -2.26. The monoisotopic (exact) mass is 321 g/mol. The molecule has 1 heterocycles. The molecular weight excluding hydrogens is 305 g/mol. The van der Waals surface area contributed by atoms with E-state index in [2.05, 4.69) is 17.4 Å². The van der Waals surface area contributed by atoms with Crippen molar-refractivity contribution in [1.82, 2.24) is 5.32 Å². The molecule has 0 radical (unpaired) electrons. The summed E-state index contributed by atoms with van der Waals surface area (Å²) < 4.78 is 19.3. The fourth-order valence-corrected chi connectivity index (χ4v) is 2.93. The second-order valence-corrected chi connectivity index (χ2v) is 5.98. The average Bonchev–Trinajstić information content (AvgIpc) is 3.19. The molecule has 4 heteroatoms. The lowest BCUT2D eigenvalue weighted by atomic mass is 10.1. The van der Waals surface area contributed by atoms with Crippen LogP contribution in [0, 0.1) is 5.82 Å². The Hall–Kier alpha value is -2.88. The van der Waals surface area contributed by atoms with Crippen LogP contribution >= 0.6 is 0 Å². The molecule has 0 aliphatic heterocycles. The number of furan rings is 1. The molecule has 1 aliphatic rings. The zero-order valence-corrected chi connectivity index (χ0v) is 12.9. The van der Waals surface area contributed by atoms with Gasteiger partial charge in [-0.25, -0.2) is 4.39 Å². The van der Waals surface area contributed by atoms with Crippen molar-refractivity contribution in [2.45, 2.75) is 18.4 Å². The van der Waals surface area contributed by atoms with E-state index in [1.165, 1.54) is 11.6 Å². The summed E-state index contributed by atoms with van der Waals surface area (Å²) in [6.07, 6.45) is 0.927. The zero-order chi connectivity index (χ0) is 16.5. The van der Waals surface area contributed by atoms with E-state index in [4.69, 9.17) is 4.42 Å². The van der Waals surface area contributed by atoms with Gasteiger partial charge < -0.3 is 9.73 Å². The maximum Gasteiger partial charge on any atom is 0.287 e. The van der Waals surface area contributed by atoms with Crippen molar-refractivity contribution in [3.63, 3.8) is 0 Å². The molecule has 1 N–H and O–H groups in total. The summed E-state index contributed by atoms with van der Waals surface area (Å²) in [5.74, 6) is 0.280. The van der Waals surface area contributed by atoms with E-state index < -0.39 is 0 Å². The maximum absolute atomic E-state index is 13.8. The third-order valence-corrected chi connectivity index (χ3v) is 4.30. The number of halogens is 1. The normalized spacial score (nSPS) is 19.0. The summed E-state index contributed by atoms with van der Waals surface area (Å²) in [6, 6.07) is 19.8. The summed E-state index contributed by atoms with van der Waals surface area (Å²) >= 11 is 0. The maximum atomic E-state index is 13.8. The molecule has 1 amide bonds. The van der Waals surface area contributed by atoms with Crippen molar-refractivity contribution in [3.05, 3.63) is 83.9 Å². The van der Waals surface area contributed by atoms with Crippen LogP contribution in [0.25, 0.3) is 11.3 Å². The highest BCUT2D eigenvalue weighted by atomic mass is 19.1. The fourth-order valence-electron chi connectivity index (χ4n) is 2.93. The Morgan fingerprint density at radius 3 is 2.54 bits per heavy atom. The van der Waals surface area contributed by atoms with Crippen LogP contribution in [-0.2, 0) is 0 Å². The van der Waals surface area contributed by atoms with E-state index >= 15 is 0 Å². The molecule has 0 bridgehead atoms. The third-order valence-electron chi connectivity index (χ3n) is 4.30. The lowest BCUT2D eigenvalue weighted by Gasteiger charge is -2.03. The summed E-state index contributed by atoms with van der Waals surface area (Å²) in [6.45, 7) is 0. The van der Waals surface area contributed by atoms with E-state index in [9.17, 15) is 9.18 Å². The fraction of sp³-hybridized carbons (Fsp3) is 0.150. The van der Waals surface area contributed by atoms with Gasteiger partial charge in [0.2, 0.25) is 0 Å². The molecule has 120 valence electrons. The third kappa shape index (κ3) is 2.83. The molecule has 2 atom stereocenters. The van der Waals surface area contributed by atoms with Crippen molar-refractivity contribution in [2.75, 3.05) is 0 Å². The van der Waals surface area contributed by atoms with Crippen LogP contribution in [0.15, 0.2) is 71.1 Å². The minimum atomic E-state index is -0.370. The Balaban J connectivity index is 1.44. The summed E-state index contributed by atoms with van der Waals surface area (Å²) in [7, 11) is 0. The van der Waals surface area contributed by atoms with Crippen molar-refractivity contribution >= 4 is 5.91 Å². The Morgan fingerprint density at radius 1 is 1.00 bits per heavy atom. The number of hydrogen-bond acceptors (Lipinski definition) is 2. The van der Waals surface area contributed by atoms with E-state index in [0.29, 0.717) is 17.2 Å². The van der Waals surface area contributed by atoms with Crippen molar-refractivity contribution in [1.29, 1.82) is 0 Å².